The van der Waals surface area contributed by atoms with Crippen molar-refractivity contribution in [3.8, 4) is 0 Å². The molecule has 2 aliphatic heterocycles. The van der Waals surface area contributed by atoms with E-state index in [1.54, 1.807) is 28.0 Å². The first-order chi connectivity index (χ1) is 11.8. The number of hydrogen-bond acceptors (Lipinski definition) is 3. The van der Waals surface area contributed by atoms with Gasteiger partial charge in [0, 0.05) is 25.7 Å². The van der Waals surface area contributed by atoms with Crippen LogP contribution in [-0.4, -0.2) is 62.2 Å². The largest absolute Gasteiger partial charge is 0.325 e. The summed E-state index contributed by atoms with van der Waals surface area (Å²) in [5.41, 5.74) is 0.461. The van der Waals surface area contributed by atoms with Crippen molar-refractivity contribution >= 4 is 32.0 Å². The van der Waals surface area contributed by atoms with Gasteiger partial charge in [-0.2, -0.15) is 0 Å². The predicted octanol–water partition coefficient (Wildman–Crippen LogP) is 1.95. The molecule has 0 aromatic heterocycles. The van der Waals surface area contributed by atoms with Gasteiger partial charge >= 0.3 is 6.03 Å². The number of hydrogen-bond donors (Lipinski definition) is 1. The van der Waals surface area contributed by atoms with E-state index in [0.29, 0.717) is 23.0 Å². The van der Waals surface area contributed by atoms with Crippen LogP contribution in [-0.2, 0) is 16.4 Å². The number of urea groups is 1. The van der Waals surface area contributed by atoms with Crippen molar-refractivity contribution in [2.45, 2.75) is 31.3 Å². The lowest BCUT2D eigenvalue weighted by molar-refractivity contribution is 0.120. The van der Waals surface area contributed by atoms with Gasteiger partial charge in [0.1, 0.15) is 5.82 Å². The Kier molecular flexibility index (Phi) is 5.36. The zero-order valence-electron chi connectivity index (χ0n) is 13.9. The molecule has 138 valence electrons. The Bertz CT molecular complexity index is 770. The first-order valence-corrected chi connectivity index (χ1v) is 10.9. The van der Waals surface area contributed by atoms with E-state index in [4.69, 9.17) is 0 Å². The lowest BCUT2D eigenvalue weighted by atomic mass is 10.0. The molecule has 1 aromatic carbocycles. The van der Waals surface area contributed by atoms with Crippen molar-refractivity contribution in [1.29, 1.82) is 0 Å². The van der Waals surface area contributed by atoms with Gasteiger partial charge in [-0.1, -0.05) is 12.1 Å². The number of carbonyl (C=O) groups excluding carboxylic acids is 1. The number of amides is 2. The van der Waals surface area contributed by atoms with Gasteiger partial charge < -0.3 is 9.80 Å². The molecule has 2 fully saturated rings. The molecule has 2 aliphatic rings. The van der Waals surface area contributed by atoms with Crippen LogP contribution in [0.2, 0.25) is 0 Å². The third kappa shape index (κ3) is 4.15. The smallest absolute Gasteiger partial charge is 0.320 e. The van der Waals surface area contributed by atoms with Crippen LogP contribution in [0.15, 0.2) is 22.7 Å². The van der Waals surface area contributed by atoms with Crippen molar-refractivity contribution in [1.82, 2.24) is 14.5 Å². The molecule has 2 heterocycles. The molecule has 0 radical (unpaired) electrons. The fraction of sp³-hybridized carbons (Fsp3) is 0.562. The minimum Gasteiger partial charge on any atom is -0.325 e. The summed E-state index contributed by atoms with van der Waals surface area (Å²) in [5.74, 6) is -0.371. The highest BCUT2D eigenvalue weighted by molar-refractivity contribution is 9.10. The van der Waals surface area contributed by atoms with E-state index >= 15 is 0 Å². The minimum absolute atomic E-state index is 0.0931. The average molecular weight is 434 g/mol. The molecule has 0 aliphatic carbocycles. The quantitative estimate of drug-likeness (QED) is 0.788. The number of nitrogens with zero attached hydrogens (tertiary/aromatic N) is 2. The van der Waals surface area contributed by atoms with E-state index in [9.17, 15) is 17.6 Å². The highest BCUT2D eigenvalue weighted by atomic mass is 79.9. The maximum absolute atomic E-state index is 14.4. The Morgan fingerprint density at radius 2 is 2.08 bits per heavy atom. The number of rotatable bonds is 4. The van der Waals surface area contributed by atoms with Gasteiger partial charge in [0.15, 0.2) is 0 Å². The Hall–Kier alpha value is -1.19. The van der Waals surface area contributed by atoms with Crippen LogP contribution in [0.1, 0.15) is 18.4 Å². The zero-order valence-corrected chi connectivity index (χ0v) is 16.3. The fourth-order valence-electron chi connectivity index (χ4n) is 3.38. The maximum atomic E-state index is 14.4. The second-order valence-electron chi connectivity index (χ2n) is 6.59. The molecule has 2 amide bonds. The number of sulfonamides is 1. The van der Waals surface area contributed by atoms with Crippen molar-refractivity contribution in [3.05, 3.63) is 34.1 Å². The molecule has 6 nitrogen and oxygen atoms in total. The average Bonchev–Trinajstić information content (AvgIpc) is 2.83. The maximum Gasteiger partial charge on any atom is 0.320 e. The number of carbonyl (C=O) groups is 1. The Balaban J connectivity index is 1.85. The summed E-state index contributed by atoms with van der Waals surface area (Å²) in [4.78, 5) is 16.1. The van der Waals surface area contributed by atoms with E-state index in [-0.39, 0.29) is 18.3 Å². The molecule has 0 spiro atoms. The number of benzene rings is 1. The van der Waals surface area contributed by atoms with Gasteiger partial charge in [-0.15, -0.1) is 0 Å². The third-order valence-electron chi connectivity index (χ3n) is 4.74. The summed E-state index contributed by atoms with van der Waals surface area (Å²) in [7, 11) is -3.42. The summed E-state index contributed by atoms with van der Waals surface area (Å²) in [6.07, 6.45) is 2.87. The Labute approximate surface area is 155 Å². The molecule has 0 bridgehead atoms. The lowest BCUT2D eigenvalue weighted by Crippen LogP contribution is -2.54. The molecule has 2 saturated heterocycles. The summed E-state index contributed by atoms with van der Waals surface area (Å²) >= 11 is 3.17. The molecule has 1 aromatic rings. The first kappa shape index (κ1) is 18.6. The van der Waals surface area contributed by atoms with Gasteiger partial charge in [-0.25, -0.2) is 22.3 Å². The summed E-state index contributed by atoms with van der Waals surface area (Å²) in [6, 6.07) is 4.10. The molecule has 1 N–H and O–H groups in total. The van der Waals surface area contributed by atoms with Crippen LogP contribution >= 0.6 is 15.9 Å². The van der Waals surface area contributed by atoms with Crippen molar-refractivity contribution in [2.75, 3.05) is 25.9 Å². The summed E-state index contributed by atoms with van der Waals surface area (Å²) in [6.45, 7) is 1.90. The van der Waals surface area contributed by atoms with Crippen LogP contribution in [0.3, 0.4) is 0 Å². The standard InChI is InChI=1S/C16H21BrFN3O3S/c1-25(23,24)19-13-6-9-21(16(22)20-7-3-8-20)14(13)10-11-4-2-5-12(17)15(11)18/h2,4-5,13-14,19H,3,6-10H2,1H3/t13-,14-/m0/s1. The van der Waals surface area contributed by atoms with Gasteiger partial charge in [-0.3, -0.25) is 0 Å². The van der Waals surface area contributed by atoms with E-state index in [1.165, 1.54) is 0 Å². The highest BCUT2D eigenvalue weighted by Crippen LogP contribution is 2.28. The SMILES string of the molecule is CS(=O)(=O)N[C@H]1CCN(C(=O)N2CCC2)[C@H]1Cc1cccc(Br)c1F. The number of nitrogens with one attached hydrogen (secondary N) is 1. The summed E-state index contributed by atoms with van der Waals surface area (Å²) in [5, 5.41) is 0. The van der Waals surface area contributed by atoms with Gasteiger partial charge in [0.2, 0.25) is 10.0 Å². The van der Waals surface area contributed by atoms with Crippen LogP contribution < -0.4 is 4.72 Å². The molecular formula is C16H21BrFN3O3S. The Morgan fingerprint density at radius 3 is 2.68 bits per heavy atom. The predicted molar refractivity (Wildman–Crippen MR) is 96.3 cm³/mol. The minimum atomic E-state index is -3.42. The number of likely N-dealkylation sites (tertiary alicyclic amines) is 2. The van der Waals surface area contributed by atoms with E-state index in [1.807, 2.05) is 0 Å². The van der Waals surface area contributed by atoms with Crippen LogP contribution in [0.5, 0.6) is 0 Å². The van der Waals surface area contributed by atoms with E-state index in [2.05, 4.69) is 20.7 Å². The van der Waals surface area contributed by atoms with Crippen LogP contribution in [0.4, 0.5) is 9.18 Å². The molecule has 25 heavy (non-hydrogen) atoms. The molecular weight excluding hydrogens is 413 g/mol. The Morgan fingerprint density at radius 1 is 1.36 bits per heavy atom. The molecule has 9 heteroatoms. The summed E-state index contributed by atoms with van der Waals surface area (Å²) < 4.78 is 40.7. The highest BCUT2D eigenvalue weighted by Gasteiger charge is 2.41. The molecule has 0 saturated carbocycles. The van der Waals surface area contributed by atoms with Gasteiger partial charge in [0.05, 0.1) is 16.8 Å². The van der Waals surface area contributed by atoms with Crippen LogP contribution in [0, 0.1) is 5.82 Å². The van der Waals surface area contributed by atoms with E-state index < -0.39 is 22.1 Å². The molecule has 3 rings (SSSR count). The van der Waals surface area contributed by atoms with Gasteiger partial charge in [-0.05, 0) is 46.8 Å². The fourth-order valence-corrected chi connectivity index (χ4v) is 4.61. The van der Waals surface area contributed by atoms with E-state index in [0.717, 1.165) is 25.8 Å². The van der Waals surface area contributed by atoms with Crippen molar-refractivity contribution in [2.24, 2.45) is 0 Å². The normalized spacial score (nSPS) is 23.6. The topological polar surface area (TPSA) is 69.7 Å². The molecule has 2 atom stereocenters. The first-order valence-electron chi connectivity index (χ1n) is 8.22. The lowest BCUT2D eigenvalue weighted by Gasteiger charge is -2.37. The zero-order chi connectivity index (χ0) is 18.2. The second kappa shape index (κ2) is 7.20. The third-order valence-corrected chi connectivity index (χ3v) is 6.09. The van der Waals surface area contributed by atoms with Gasteiger partial charge in [0.25, 0.3) is 0 Å². The molecule has 0 unspecified atom stereocenters. The van der Waals surface area contributed by atoms with Crippen LogP contribution in [0.25, 0.3) is 0 Å². The van der Waals surface area contributed by atoms with Crippen molar-refractivity contribution < 1.29 is 17.6 Å². The monoisotopic (exact) mass is 433 g/mol. The number of halogens is 2. The second-order valence-corrected chi connectivity index (χ2v) is 9.22. The van der Waals surface area contributed by atoms with Crippen molar-refractivity contribution in [3.63, 3.8) is 0 Å².